The smallest absolute Gasteiger partial charge is 0.284 e. The second-order valence-corrected chi connectivity index (χ2v) is 7.14. The molecule has 0 bridgehead atoms. The molecule has 0 heterocycles. The van der Waals surface area contributed by atoms with Gasteiger partial charge in [-0.3, -0.25) is 14.9 Å². The van der Waals surface area contributed by atoms with Gasteiger partial charge in [-0.05, 0) is 24.8 Å². The van der Waals surface area contributed by atoms with Crippen LogP contribution in [0.1, 0.15) is 55.1 Å². The van der Waals surface area contributed by atoms with Gasteiger partial charge in [0.2, 0.25) is 5.78 Å². The van der Waals surface area contributed by atoms with Crippen LogP contribution in [-0.4, -0.2) is 24.6 Å². The van der Waals surface area contributed by atoms with Crippen molar-refractivity contribution in [3.05, 3.63) is 74.8 Å². The standard InChI is InChI=1S/C23H27NO5/c1-5-17(13-16(2)3)14-19-11-12-20(24(26)27)21(23(19)29-15-28-4)22(25)18-9-7-6-8-10-18/h6-12,14,16H,5,13,15H2,1-4H3/b17-14-. The zero-order valence-electron chi connectivity index (χ0n) is 17.3. The van der Waals surface area contributed by atoms with Crippen LogP contribution in [0.2, 0.25) is 0 Å². The number of allylic oxidation sites excluding steroid dienone is 1. The Bertz CT molecular complexity index is 888. The molecule has 0 N–H and O–H groups in total. The molecule has 0 fully saturated rings. The Kier molecular flexibility index (Phi) is 8.09. The summed E-state index contributed by atoms with van der Waals surface area (Å²) in [6, 6.07) is 11.5. The Hall–Kier alpha value is -2.99. The van der Waals surface area contributed by atoms with Gasteiger partial charge in [0.05, 0.1) is 4.92 Å². The largest absolute Gasteiger partial charge is 0.466 e. The first-order valence-corrected chi connectivity index (χ1v) is 9.61. The summed E-state index contributed by atoms with van der Waals surface area (Å²) in [5, 5.41) is 11.7. The summed E-state index contributed by atoms with van der Waals surface area (Å²) in [5.41, 5.74) is 1.81. The SMILES string of the molecule is CC/C(=C/c1ccc([N+](=O)[O-])c(C(=O)c2ccccc2)c1OCOC)CC(C)C. The lowest BCUT2D eigenvalue weighted by Gasteiger charge is -2.15. The molecule has 2 rings (SSSR count). The van der Waals surface area contributed by atoms with Crippen molar-refractivity contribution in [2.75, 3.05) is 13.9 Å². The molecular formula is C23H27NO5. The van der Waals surface area contributed by atoms with Gasteiger partial charge in [-0.15, -0.1) is 0 Å². The van der Waals surface area contributed by atoms with Crippen molar-refractivity contribution in [3.8, 4) is 5.75 Å². The van der Waals surface area contributed by atoms with Crippen molar-refractivity contribution >= 4 is 17.5 Å². The lowest BCUT2D eigenvalue weighted by Crippen LogP contribution is -2.11. The van der Waals surface area contributed by atoms with Crippen LogP contribution in [0.4, 0.5) is 5.69 Å². The summed E-state index contributed by atoms with van der Waals surface area (Å²) < 4.78 is 10.7. The van der Waals surface area contributed by atoms with E-state index in [1.165, 1.54) is 18.7 Å². The number of carbonyl (C=O) groups excluding carboxylic acids is 1. The van der Waals surface area contributed by atoms with E-state index < -0.39 is 10.7 Å². The van der Waals surface area contributed by atoms with Gasteiger partial charge in [-0.1, -0.05) is 62.8 Å². The zero-order valence-corrected chi connectivity index (χ0v) is 17.3. The van der Waals surface area contributed by atoms with E-state index >= 15 is 0 Å². The molecule has 0 radical (unpaired) electrons. The molecule has 0 aliphatic rings. The van der Waals surface area contributed by atoms with E-state index in [-0.39, 0.29) is 23.8 Å². The van der Waals surface area contributed by atoms with Gasteiger partial charge >= 0.3 is 0 Å². The molecule has 0 aliphatic heterocycles. The third-order valence-electron chi connectivity index (χ3n) is 4.43. The highest BCUT2D eigenvalue weighted by molar-refractivity contribution is 6.14. The zero-order chi connectivity index (χ0) is 21.4. The first-order valence-electron chi connectivity index (χ1n) is 9.61. The summed E-state index contributed by atoms with van der Waals surface area (Å²) in [4.78, 5) is 24.3. The molecule has 0 unspecified atom stereocenters. The number of nitrogens with zero attached hydrogens (tertiary/aromatic N) is 1. The number of methoxy groups -OCH3 is 1. The van der Waals surface area contributed by atoms with Gasteiger partial charge in [-0.2, -0.15) is 0 Å². The molecule has 6 nitrogen and oxygen atoms in total. The maximum Gasteiger partial charge on any atom is 0.284 e. The third-order valence-corrected chi connectivity index (χ3v) is 4.43. The van der Waals surface area contributed by atoms with E-state index in [0.29, 0.717) is 17.0 Å². The van der Waals surface area contributed by atoms with Crippen molar-refractivity contribution in [1.82, 2.24) is 0 Å². The van der Waals surface area contributed by atoms with Crippen LogP contribution >= 0.6 is 0 Å². The number of hydrogen-bond acceptors (Lipinski definition) is 5. The summed E-state index contributed by atoms with van der Waals surface area (Å²) in [6.45, 7) is 6.20. The van der Waals surface area contributed by atoms with E-state index in [0.717, 1.165) is 12.8 Å². The van der Waals surface area contributed by atoms with Gasteiger partial charge in [0.15, 0.2) is 6.79 Å². The molecule has 0 atom stereocenters. The summed E-state index contributed by atoms with van der Waals surface area (Å²) in [5.74, 6) is 0.179. The molecule has 154 valence electrons. The van der Waals surface area contributed by atoms with E-state index in [1.807, 2.05) is 6.08 Å². The van der Waals surface area contributed by atoms with E-state index in [1.54, 1.807) is 36.4 Å². The van der Waals surface area contributed by atoms with Crippen molar-refractivity contribution < 1.29 is 19.2 Å². The summed E-state index contributed by atoms with van der Waals surface area (Å²) in [6.07, 6.45) is 3.68. The molecule has 6 heteroatoms. The van der Waals surface area contributed by atoms with E-state index in [9.17, 15) is 14.9 Å². The fourth-order valence-electron chi connectivity index (χ4n) is 3.13. The minimum Gasteiger partial charge on any atom is -0.466 e. The topological polar surface area (TPSA) is 78.7 Å². The van der Waals surface area contributed by atoms with Gasteiger partial charge < -0.3 is 9.47 Å². The second-order valence-electron chi connectivity index (χ2n) is 7.14. The first kappa shape index (κ1) is 22.3. The van der Waals surface area contributed by atoms with Crippen molar-refractivity contribution in [2.24, 2.45) is 5.92 Å². The van der Waals surface area contributed by atoms with Crippen molar-refractivity contribution in [1.29, 1.82) is 0 Å². The number of rotatable bonds is 10. The van der Waals surface area contributed by atoms with Crippen LogP contribution in [0, 0.1) is 16.0 Å². The highest BCUT2D eigenvalue weighted by atomic mass is 16.7. The second kappa shape index (κ2) is 10.5. The summed E-state index contributed by atoms with van der Waals surface area (Å²) in [7, 11) is 1.46. The number of benzene rings is 2. The Morgan fingerprint density at radius 2 is 1.86 bits per heavy atom. The van der Waals surface area contributed by atoms with Gasteiger partial charge in [0.25, 0.3) is 5.69 Å². The molecule has 29 heavy (non-hydrogen) atoms. The number of carbonyl (C=O) groups is 1. The maximum atomic E-state index is 13.2. The molecule has 0 saturated heterocycles. The lowest BCUT2D eigenvalue weighted by molar-refractivity contribution is -0.385. The third kappa shape index (κ3) is 5.74. The Labute approximate surface area is 171 Å². The molecule has 0 aliphatic carbocycles. The van der Waals surface area contributed by atoms with E-state index in [2.05, 4.69) is 20.8 Å². The lowest BCUT2D eigenvalue weighted by atomic mass is 9.94. The van der Waals surface area contributed by atoms with Crippen LogP contribution in [0.5, 0.6) is 5.75 Å². The maximum absolute atomic E-state index is 13.2. The molecule has 0 aromatic heterocycles. The Morgan fingerprint density at radius 1 is 1.17 bits per heavy atom. The van der Waals surface area contributed by atoms with Gasteiger partial charge in [0, 0.05) is 24.3 Å². The number of nitro benzene ring substituents is 1. The van der Waals surface area contributed by atoms with Crippen molar-refractivity contribution in [3.63, 3.8) is 0 Å². The number of hydrogen-bond donors (Lipinski definition) is 0. The minimum absolute atomic E-state index is 0.0630. The molecular weight excluding hydrogens is 370 g/mol. The van der Waals surface area contributed by atoms with Crippen LogP contribution in [0.25, 0.3) is 6.08 Å². The molecule has 2 aromatic carbocycles. The molecule has 2 aromatic rings. The monoisotopic (exact) mass is 397 g/mol. The van der Waals surface area contributed by atoms with Crippen LogP contribution < -0.4 is 4.74 Å². The van der Waals surface area contributed by atoms with Crippen LogP contribution in [0.15, 0.2) is 48.0 Å². The van der Waals surface area contributed by atoms with Crippen LogP contribution in [0.3, 0.4) is 0 Å². The van der Waals surface area contributed by atoms with Gasteiger partial charge in [0.1, 0.15) is 11.3 Å². The molecule has 0 saturated carbocycles. The Balaban J connectivity index is 2.71. The molecule has 0 amide bonds. The predicted octanol–water partition coefficient (Wildman–Crippen LogP) is 5.65. The number of nitro groups is 1. The number of ether oxygens (including phenoxy) is 2. The van der Waals surface area contributed by atoms with Gasteiger partial charge in [-0.25, -0.2) is 0 Å². The number of ketones is 1. The van der Waals surface area contributed by atoms with Crippen molar-refractivity contribution in [2.45, 2.75) is 33.6 Å². The highest BCUT2D eigenvalue weighted by Crippen LogP contribution is 2.36. The Morgan fingerprint density at radius 3 is 2.41 bits per heavy atom. The first-order chi connectivity index (χ1) is 13.9. The van der Waals surface area contributed by atoms with Crippen LogP contribution in [-0.2, 0) is 4.74 Å². The molecule has 0 spiro atoms. The fourth-order valence-corrected chi connectivity index (χ4v) is 3.13. The fraction of sp³-hybridized carbons (Fsp3) is 0.348. The van der Waals surface area contributed by atoms with E-state index in [4.69, 9.17) is 9.47 Å². The minimum atomic E-state index is -0.557. The highest BCUT2D eigenvalue weighted by Gasteiger charge is 2.28. The normalized spacial score (nSPS) is 11.6. The quantitative estimate of drug-likeness (QED) is 0.224. The average molecular weight is 397 g/mol. The summed E-state index contributed by atoms with van der Waals surface area (Å²) >= 11 is 0. The predicted molar refractivity (Wildman–Crippen MR) is 113 cm³/mol. The average Bonchev–Trinajstić information content (AvgIpc) is 2.71.